The van der Waals surface area contributed by atoms with E-state index in [4.69, 9.17) is 11.6 Å². The van der Waals surface area contributed by atoms with E-state index in [2.05, 4.69) is 10.5 Å². The number of carbonyl (C=O) groups excluding carboxylic acids is 1. The summed E-state index contributed by atoms with van der Waals surface area (Å²) in [4.78, 5) is 13.5. The number of thiophene rings is 2. The van der Waals surface area contributed by atoms with E-state index >= 15 is 0 Å². The van der Waals surface area contributed by atoms with Crippen LogP contribution < -0.4 is 5.43 Å². The molecule has 0 fully saturated rings. The molecule has 3 aromatic rings. The SMILES string of the molecule is O=C(N/N=C/c1cccs1)c1sc2ccccc2c1Cl. The molecule has 0 aliphatic heterocycles. The highest BCUT2D eigenvalue weighted by atomic mass is 35.5. The number of hydrogen-bond donors (Lipinski definition) is 1. The van der Waals surface area contributed by atoms with Crippen molar-refractivity contribution in [2.45, 2.75) is 0 Å². The van der Waals surface area contributed by atoms with E-state index in [1.165, 1.54) is 11.3 Å². The highest BCUT2D eigenvalue weighted by Crippen LogP contribution is 2.34. The third kappa shape index (κ3) is 2.60. The second kappa shape index (κ2) is 5.75. The maximum Gasteiger partial charge on any atom is 0.283 e. The van der Waals surface area contributed by atoms with Crippen LogP contribution in [0.3, 0.4) is 0 Å². The second-order valence-corrected chi connectivity index (χ2v) is 6.37. The second-order valence-electron chi connectivity index (χ2n) is 3.96. The van der Waals surface area contributed by atoms with E-state index in [-0.39, 0.29) is 5.91 Å². The van der Waals surface area contributed by atoms with Crippen molar-refractivity contribution in [1.29, 1.82) is 0 Å². The van der Waals surface area contributed by atoms with Crippen LogP contribution in [0, 0.1) is 0 Å². The molecule has 0 atom stereocenters. The van der Waals surface area contributed by atoms with Gasteiger partial charge >= 0.3 is 0 Å². The van der Waals surface area contributed by atoms with Crippen molar-refractivity contribution in [3.05, 3.63) is 56.6 Å². The number of fused-ring (bicyclic) bond motifs is 1. The molecular weight excluding hydrogens is 312 g/mol. The Morgan fingerprint density at radius 2 is 2.10 bits per heavy atom. The van der Waals surface area contributed by atoms with Crippen LogP contribution in [-0.4, -0.2) is 12.1 Å². The van der Waals surface area contributed by atoms with E-state index in [0.29, 0.717) is 9.90 Å². The van der Waals surface area contributed by atoms with Gasteiger partial charge in [0.1, 0.15) is 4.88 Å². The third-order valence-electron chi connectivity index (χ3n) is 2.64. The smallest absolute Gasteiger partial charge is 0.266 e. The van der Waals surface area contributed by atoms with Crippen molar-refractivity contribution in [1.82, 2.24) is 5.43 Å². The summed E-state index contributed by atoms with van der Waals surface area (Å²) in [6.45, 7) is 0. The number of nitrogens with zero attached hydrogens (tertiary/aromatic N) is 1. The molecule has 2 aromatic heterocycles. The van der Waals surface area contributed by atoms with Gasteiger partial charge in [-0.2, -0.15) is 5.10 Å². The molecule has 0 aliphatic rings. The normalized spacial score (nSPS) is 11.2. The molecule has 0 saturated heterocycles. The topological polar surface area (TPSA) is 41.5 Å². The molecule has 3 nitrogen and oxygen atoms in total. The molecule has 0 radical (unpaired) electrons. The van der Waals surface area contributed by atoms with Crippen LogP contribution in [0.4, 0.5) is 0 Å². The van der Waals surface area contributed by atoms with E-state index < -0.39 is 0 Å². The number of rotatable bonds is 3. The standard InChI is InChI=1S/C14H9ClN2OS2/c15-12-10-5-1-2-6-11(10)20-13(12)14(18)17-16-8-9-4-3-7-19-9/h1-8H,(H,17,18)/b16-8+. The average Bonchev–Trinajstić information content (AvgIpc) is 3.08. The van der Waals surface area contributed by atoms with E-state index in [1.54, 1.807) is 17.6 Å². The van der Waals surface area contributed by atoms with E-state index in [9.17, 15) is 4.79 Å². The Kier molecular flexibility index (Phi) is 3.82. The molecule has 0 unspecified atom stereocenters. The van der Waals surface area contributed by atoms with Gasteiger partial charge in [0.2, 0.25) is 0 Å². The summed E-state index contributed by atoms with van der Waals surface area (Å²) in [5.41, 5.74) is 2.50. The molecule has 6 heteroatoms. The third-order valence-corrected chi connectivity index (χ3v) is 5.12. The highest BCUT2D eigenvalue weighted by molar-refractivity contribution is 7.21. The summed E-state index contributed by atoms with van der Waals surface area (Å²) in [5.74, 6) is -0.288. The van der Waals surface area contributed by atoms with Gasteiger partial charge in [-0.05, 0) is 17.5 Å². The van der Waals surface area contributed by atoms with Gasteiger partial charge < -0.3 is 0 Å². The van der Waals surface area contributed by atoms with Gasteiger partial charge in [-0.1, -0.05) is 35.9 Å². The van der Waals surface area contributed by atoms with Gasteiger partial charge in [-0.25, -0.2) is 5.43 Å². The van der Waals surface area contributed by atoms with Crippen LogP contribution >= 0.6 is 34.3 Å². The molecule has 0 bridgehead atoms. The lowest BCUT2D eigenvalue weighted by atomic mass is 10.2. The lowest BCUT2D eigenvalue weighted by molar-refractivity contribution is 0.0959. The predicted molar refractivity (Wildman–Crippen MR) is 86.2 cm³/mol. The monoisotopic (exact) mass is 320 g/mol. The molecule has 0 aliphatic carbocycles. The van der Waals surface area contributed by atoms with Gasteiger partial charge in [0, 0.05) is 15.0 Å². The fraction of sp³-hybridized carbons (Fsp3) is 0. The summed E-state index contributed by atoms with van der Waals surface area (Å²) in [5, 5.41) is 7.26. The number of hydrogen-bond acceptors (Lipinski definition) is 4. The molecule has 1 aromatic carbocycles. The summed E-state index contributed by atoms with van der Waals surface area (Å²) >= 11 is 9.15. The average molecular weight is 321 g/mol. The maximum absolute atomic E-state index is 12.1. The van der Waals surface area contributed by atoms with Crippen molar-refractivity contribution in [2.24, 2.45) is 5.10 Å². The molecule has 3 rings (SSSR count). The molecule has 0 spiro atoms. The van der Waals surface area contributed by atoms with Crippen molar-refractivity contribution in [2.75, 3.05) is 0 Å². The first-order chi connectivity index (χ1) is 9.75. The summed E-state index contributed by atoms with van der Waals surface area (Å²) in [6.07, 6.45) is 1.61. The van der Waals surface area contributed by atoms with Crippen molar-refractivity contribution in [3.8, 4) is 0 Å². The number of nitrogens with one attached hydrogen (secondary N) is 1. The number of carbonyl (C=O) groups is 1. The van der Waals surface area contributed by atoms with E-state index in [1.807, 2.05) is 41.8 Å². The molecule has 20 heavy (non-hydrogen) atoms. The first-order valence-electron chi connectivity index (χ1n) is 5.79. The molecule has 100 valence electrons. The van der Waals surface area contributed by atoms with Crippen LogP contribution in [0.2, 0.25) is 5.02 Å². The van der Waals surface area contributed by atoms with Crippen LogP contribution in [-0.2, 0) is 0 Å². The molecule has 2 heterocycles. The lowest BCUT2D eigenvalue weighted by Crippen LogP contribution is -2.16. The minimum absolute atomic E-state index is 0.288. The number of hydrazone groups is 1. The Morgan fingerprint density at radius 3 is 2.85 bits per heavy atom. The highest BCUT2D eigenvalue weighted by Gasteiger charge is 2.16. The Hall–Kier alpha value is -1.69. The minimum atomic E-state index is -0.288. The van der Waals surface area contributed by atoms with E-state index in [0.717, 1.165) is 15.0 Å². The summed E-state index contributed by atoms with van der Waals surface area (Å²) in [6, 6.07) is 11.5. The summed E-state index contributed by atoms with van der Waals surface area (Å²) < 4.78 is 0.991. The zero-order valence-corrected chi connectivity index (χ0v) is 12.6. The zero-order valence-electron chi connectivity index (χ0n) is 10.2. The largest absolute Gasteiger partial charge is 0.283 e. The Morgan fingerprint density at radius 1 is 1.25 bits per heavy atom. The number of benzene rings is 1. The first kappa shape index (κ1) is 13.3. The Labute approximate surface area is 128 Å². The number of halogens is 1. The van der Waals surface area contributed by atoms with Gasteiger partial charge in [0.15, 0.2) is 0 Å². The zero-order chi connectivity index (χ0) is 13.9. The maximum atomic E-state index is 12.1. The fourth-order valence-electron chi connectivity index (χ4n) is 1.73. The Balaban J connectivity index is 1.80. The minimum Gasteiger partial charge on any atom is -0.266 e. The van der Waals surface area contributed by atoms with Crippen LogP contribution in [0.1, 0.15) is 14.5 Å². The molecular formula is C14H9ClN2OS2. The molecule has 1 amide bonds. The van der Waals surface area contributed by atoms with Crippen molar-refractivity contribution in [3.63, 3.8) is 0 Å². The summed E-state index contributed by atoms with van der Waals surface area (Å²) in [7, 11) is 0. The van der Waals surface area contributed by atoms with Gasteiger partial charge in [-0.3, -0.25) is 4.79 Å². The van der Waals surface area contributed by atoms with Gasteiger partial charge in [0.05, 0.1) is 11.2 Å². The van der Waals surface area contributed by atoms with Crippen LogP contribution in [0.25, 0.3) is 10.1 Å². The molecule has 1 N–H and O–H groups in total. The quantitative estimate of drug-likeness (QED) is 0.564. The van der Waals surface area contributed by atoms with Crippen LogP contribution in [0.5, 0.6) is 0 Å². The number of amides is 1. The predicted octanol–water partition coefficient (Wildman–Crippen LogP) is 4.38. The lowest BCUT2D eigenvalue weighted by Gasteiger charge is -1.96. The molecule has 0 saturated carbocycles. The van der Waals surface area contributed by atoms with Crippen molar-refractivity contribution < 1.29 is 4.79 Å². The van der Waals surface area contributed by atoms with Gasteiger partial charge in [-0.15, -0.1) is 22.7 Å². The van der Waals surface area contributed by atoms with Crippen molar-refractivity contribution >= 4 is 56.5 Å². The van der Waals surface area contributed by atoms with Crippen LogP contribution in [0.15, 0.2) is 46.9 Å². The fourth-order valence-corrected chi connectivity index (χ4v) is 3.72. The van der Waals surface area contributed by atoms with Gasteiger partial charge in [0.25, 0.3) is 5.91 Å². The Bertz CT molecular complexity index is 778. The first-order valence-corrected chi connectivity index (χ1v) is 7.87.